The monoisotopic (exact) mass is 278 g/mol. The first-order chi connectivity index (χ1) is 9.66. The number of hydrogen-bond donors (Lipinski definition) is 1. The van der Waals surface area contributed by atoms with Gasteiger partial charge in [-0.2, -0.15) is 0 Å². The quantitative estimate of drug-likeness (QED) is 0.801. The molecule has 112 valence electrons. The highest BCUT2D eigenvalue weighted by molar-refractivity contribution is 5.26. The smallest absolute Gasteiger partial charge is 0.123 e. The molecule has 1 N–H and O–H groups in total. The number of rotatable bonds is 6. The van der Waals surface area contributed by atoms with Crippen LogP contribution in [-0.2, 0) is 6.54 Å². The van der Waals surface area contributed by atoms with E-state index < -0.39 is 0 Å². The van der Waals surface area contributed by atoms with Gasteiger partial charge < -0.3 is 10.2 Å². The van der Waals surface area contributed by atoms with E-state index in [9.17, 15) is 4.39 Å². The molecular weight excluding hydrogens is 251 g/mol. The second-order valence-corrected chi connectivity index (χ2v) is 5.98. The van der Waals surface area contributed by atoms with Crippen molar-refractivity contribution in [2.45, 2.75) is 52.1 Å². The molecule has 1 aliphatic rings. The lowest BCUT2D eigenvalue weighted by Gasteiger charge is -2.33. The normalized spacial score (nSPS) is 20.2. The Labute approximate surface area is 122 Å². The maximum absolute atomic E-state index is 13.2. The Morgan fingerprint density at radius 1 is 1.35 bits per heavy atom. The molecule has 1 fully saturated rings. The van der Waals surface area contributed by atoms with Crippen LogP contribution >= 0.6 is 0 Å². The third-order valence-electron chi connectivity index (χ3n) is 4.37. The number of benzene rings is 1. The largest absolute Gasteiger partial charge is 0.313 e. The van der Waals surface area contributed by atoms with Gasteiger partial charge in [-0.05, 0) is 76.0 Å². The molecule has 20 heavy (non-hydrogen) atoms. The predicted molar refractivity (Wildman–Crippen MR) is 82.3 cm³/mol. The Morgan fingerprint density at radius 3 is 3.00 bits per heavy atom. The second kappa shape index (κ2) is 7.75. The van der Waals surface area contributed by atoms with Gasteiger partial charge in [0.15, 0.2) is 0 Å². The van der Waals surface area contributed by atoms with Crippen LogP contribution in [0.5, 0.6) is 0 Å². The molecule has 1 atom stereocenters. The van der Waals surface area contributed by atoms with E-state index in [1.807, 2.05) is 13.0 Å². The van der Waals surface area contributed by atoms with Crippen molar-refractivity contribution in [3.05, 3.63) is 35.1 Å². The van der Waals surface area contributed by atoms with Crippen molar-refractivity contribution in [3.63, 3.8) is 0 Å². The molecule has 0 aromatic heterocycles. The van der Waals surface area contributed by atoms with Gasteiger partial charge in [-0.15, -0.1) is 0 Å². The maximum Gasteiger partial charge on any atom is 0.123 e. The van der Waals surface area contributed by atoms with Crippen molar-refractivity contribution in [1.29, 1.82) is 0 Å². The average Bonchev–Trinajstić information content (AvgIpc) is 2.44. The summed E-state index contributed by atoms with van der Waals surface area (Å²) in [7, 11) is 0. The Morgan fingerprint density at radius 2 is 2.20 bits per heavy atom. The Balaban J connectivity index is 1.65. The molecule has 0 spiro atoms. The van der Waals surface area contributed by atoms with Crippen molar-refractivity contribution >= 4 is 0 Å². The summed E-state index contributed by atoms with van der Waals surface area (Å²) in [5.74, 6) is -0.144. The van der Waals surface area contributed by atoms with Crippen LogP contribution in [0.15, 0.2) is 18.2 Å². The highest BCUT2D eigenvalue weighted by atomic mass is 19.1. The summed E-state index contributed by atoms with van der Waals surface area (Å²) in [6.45, 7) is 8.56. The van der Waals surface area contributed by atoms with Gasteiger partial charge in [0, 0.05) is 12.6 Å². The molecule has 1 heterocycles. The fourth-order valence-corrected chi connectivity index (χ4v) is 2.95. The van der Waals surface area contributed by atoms with Gasteiger partial charge in [-0.3, -0.25) is 0 Å². The van der Waals surface area contributed by atoms with Crippen LogP contribution in [-0.4, -0.2) is 30.6 Å². The summed E-state index contributed by atoms with van der Waals surface area (Å²) in [5.41, 5.74) is 2.22. The lowest BCUT2D eigenvalue weighted by atomic mass is 10.0. The molecule has 2 rings (SSSR count). The molecule has 1 aromatic carbocycles. The van der Waals surface area contributed by atoms with Gasteiger partial charge in [0.2, 0.25) is 0 Å². The van der Waals surface area contributed by atoms with E-state index in [-0.39, 0.29) is 5.82 Å². The summed E-state index contributed by atoms with van der Waals surface area (Å²) in [4.78, 5) is 2.60. The van der Waals surface area contributed by atoms with Gasteiger partial charge >= 0.3 is 0 Å². The molecular formula is C17H27FN2. The summed E-state index contributed by atoms with van der Waals surface area (Å²) in [6, 6.07) is 5.75. The Bertz CT molecular complexity index is 419. The third kappa shape index (κ3) is 4.57. The molecule has 0 aliphatic carbocycles. The first-order valence-electron chi connectivity index (χ1n) is 7.86. The Hall–Kier alpha value is -0.930. The third-order valence-corrected chi connectivity index (χ3v) is 4.37. The van der Waals surface area contributed by atoms with Crippen molar-refractivity contribution in [1.82, 2.24) is 10.2 Å². The van der Waals surface area contributed by atoms with Crippen LogP contribution in [0.1, 0.15) is 43.7 Å². The van der Waals surface area contributed by atoms with Crippen LogP contribution in [0.25, 0.3) is 0 Å². The molecule has 0 saturated carbocycles. The first-order valence-corrected chi connectivity index (χ1v) is 7.86. The zero-order valence-corrected chi connectivity index (χ0v) is 12.8. The maximum atomic E-state index is 13.2. The first kappa shape index (κ1) is 15.5. The molecule has 1 aliphatic heterocycles. The number of likely N-dealkylation sites (tertiary alicyclic amines) is 1. The molecule has 1 unspecified atom stereocenters. The molecule has 2 nitrogen and oxygen atoms in total. The number of nitrogens with one attached hydrogen (secondary N) is 1. The highest BCUT2D eigenvalue weighted by Crippen LogP contribution is 2.16. The predicted octanol–water partition coefficient (Wildman–Crippen LogP) is 3.49. The minimum Gasteiger partial charge on any atom is -0.313 e. The van der Waals surface area contributed by atoms with Crippen molar-refractivity contribution in [2.75, 3.05) is 19.6 Å². The summed E-state index contributed by atoms with van der Waals surface area (Å²) < 4.78 is 13.2. The SMILES string of the molecule is Cc1ccc(F)cc1CNCCCN1CCCCC1C. The fourth-order valence-electron chi connectivity index (χ4n) is 2.95. The molecule has 3 heteroatoms. The van der Waals surface area contributed by atoms with Crippen LogP contribution in [0.3, 0.4) is 0 Å². The molecule has 1 aromatic rings. The van der Waals surface area contributed by atoms with E-state index in [1.165, 1.54) is 44.8 Å². The zero-order valence-electron chi connectivity index (χ0n) is 12.8. The van der Waals surface area contributed by atoms with Crippen LogP contribution in [0.4, 0.5) is 4.39 Å². The fraction of sp³-hybridized carbons (Fsp3) is 0.647. The van der Waals surface area contributed by atoms with Gasteiger partial charge in [-0.1, -0.05) is 12.5 Å². The number of piperidine rings is 1. The Kier molecular flexibility index (Phi) is 5.99. The average molecular weight is 278 g/mol. The van der Waals surface area contributed by atoms with Crippen LogP contribution < -0.4 is 5.32 Å². The van der Waals surface area contributed by atoms with E-state index in [4.69, 9.17) is 0 Å². The van der Waals surface area contributed by atoms with E-state index in [0.717, 1.165) is 30.3 Å². The van der Waals surface area contributed by atoms with Gasteiger partial charge in [0.1, 0.15) is 5.82 Å². The molecule has 0 amide bonds. The molecule has 0 bridgehead atoms. The molecule has 1 saturated heterocycles. The van der Waals surface area contributed by atoms with Gasteiger partial charge in [-0.25, -0.2) is 4.39 Å². The van der Waals surface area contributed by atoms with E-state index in [1.54, 1.807) is 6.07 Å². The lowest BCUT2D eigenvalue weighted by molar-refractivity contribution is 0.159. The van der Waals surface area contributed by atoms with Crippen molar-refractivity contribution in [2.24, 2.45) is 0 Å². The number of nitrogens with zero attached hydrogens (tertiary/aromatic N) is 1. The second-order valence-electron chi connectivity index (χ2n) is 5.98. The van der Waals surface area contributed by atoms with Gasteiger partial charge in [0.05, 0.1) is 0 Å². The standard InChI is InChI=1S/C17H27FN2/c1-14-7-8-17(18)12-16(14)13-19-9-5-11-20-10-4-3-6-15(20)2/h7-8,12,15,19H,3-6,9-11,13H2,1-2H3. The zero-order chi connectivity index (χ0) is 14.4. The lowest BCUT2D eigenvalue weighted by Crippen LogP contribution is -2.38. The number of halogens is 1. The molecule has 0 radical (unpaired) electrons. The van der Waals surface area contributed by atoms with Crippen LogP contribution in [0, 0.1) is 12.7 Å². The summed E-state index contributed by atoms with van der Waals surface area (Å²) in [5, 5.41) is 3.43. The minimum atomic E-state index is -0.144. The summed E-state index contributed by atoms with van der Waals surface area (Å²) >= 11 is 0. The topological polar surface area (TPSA) is 15.3 Å². The van der Waals surface area contributed by atoms with Crippen molar-refractivity contribution < 1.29 is 4.39 Å². The van der Waals surface area contributed by atoms with E-state index >= 15 is 0 Å². The van der Waals surface area contributed by atoms with Crippen LogP contribution in [0.2, 0.25) is 0 Å². The van der Waals surface area contributed by atoms with Gasteiger partial charge in [0.25, 0.3) is 0 Å². The number of aryl methyl sites for hydroxylation is 1. The van der Waals surface area contributed by atoms with E-state index in [2.05, 4.69) is 17.1 Å². The highest BCUT2D eigenvalue weighted by Gasteiger charge is 2.16. The minimum absolute atomic E-state index is 0.144. The summed E-state index contributed by atoms with van der Waals surface area (Å²) in [6.07, 6.45) is 5.24. The van der Waals surface area contributed by atoms with Crippen molar-refractivity contribution in [3.8, 4) is 0 Å². The van der Waals surface area contributed by atoms with E-state index in [0.29, 0.717) is 0 Å². The number of hydrogen-bond acceptors (Lipinski definition) is 2.